The number of carbonyl (C=O) groups is 1. The molecule has 2 aromatic rings. The minimum atomic E-state index is -4.42. The third-order valence-corrected chi connectivity index (χ3v) is 3.01. The maximum atomic E-state index is 12.4. The second-order valence-corrected chi connectivity index (χ2v) is 4.87. The van der Waals surface area contributed by atoms with Crippen LogP contribution in [0, 0.1) is 0 Å². The fourth-order valence-corrected chi connectivity index (χ4v) is 1.77. The minimum absolute atomic E-state index is 0.0125. The van der Waals surface area contributed by atoms with Gasteiger partial charge in [-0.2, -0.15) is 23.4 Å². The van der Waals surface area contributed by atoms with Crippen LogP contribution in [0.5, 0.6) is 0 Å². The number of aryl methyl sites for hydroxylation is 1. The Kier molecular flexibility index (Phi) is 5.47. The molecule has 0 aliphatic rings. The fourth-order valence-electron chi connectivity index (χ4n) is 1.77. The Labute approximate surface area is 137 Å². The van der Waals surface area contributed by atoms with Gasteiger partial charge in [0, 0.05) is 12.8 Å². The molecule has 132 valence electrons. The summed E-state index contributed by atoms with van der Waals surface area (Å²) >= 11 is 0. The SMILES string of the molecule is O=C(CCc1n[nH]c(=O)[nH]c1=O)NN=Cc1ccc(C(F)(F)F)cc1. The van der Waals surface area contributed by atoms with Crippen LogP contribution in [0.3, 0.4) is 0 Å². The van der Waals surface area contributed by atoms with Crippen LogP contribution < -0.4 is 16.7 Å². The third-order valence-electron chi connectivity index (χ3n) is 3.01. The van der Waals surface area contributed by atoms with Gasteiger partial charge in [0.15, 0.2) is 0 Å². The zero-order chi connectivity index (χ0) is 18.4. The summed E-state index contributed by atoms with van der Waals surface area (Å²) in [7, 11) is 0. The molecule has 11 heteroatoms. The largest absolute Gasteiger partial charge is 0.416 e. The highest BCUT2D eigenvalue weighted by atomic mass is 19.4. The van der Waals surface area contributed by atoms with Gasteiger partial charge in [-0.05, 0) is 17.7 Å². The number of alkyl halides is 3. The highest BCUT2D eigenvalue weighted by molar-refractivity contribution is 5.82. The van der Waals surface area contributed by atoms with Gasteiger partial charge in [0.1, 0.15) is 5.69 Å². The number of hydrogen-bond donors (Lipinski definition) is 3. The first kappa shape index (κ1) is 18.1. The van der Waals surface area contributed by atoms with Crippen molar-refractivity contribution in [3.05, 3.63) is 61.9 Å². The van der Waals surface area contributed by atoms with Gasteiger partial charge >= 0.3 is 11.9 Å². The maximum Gasteiger partial charge on any atom is 0.416 e. The summed E-state index contributed by atoms with van der Waals surface area (Å²) in [6.45, 7) is 0. The van der Waals surface area contributed by atoms with Crippen LogP contribution in [0.2, 0.25) is 0 Å². The summed E-state index contributed by atoms with van der Waals surface area (Å²) in [6, 6.07) is 4.22. The fraction of sp³-hybridized carbons (Fsp3) is 0.214. The molecule has 25 heavy (non-hydrogen) atoms. The smallest absolute Gasteiger partial charge is 0.273 e. The Hall–Kier alpha value is -3.24. The quantitative estimate of drug-likeness (QED) is 0.536. The number of hydrazone groups is 1. The summed E-state index contributed by atoms with van der Waals surface area (Å²) in [5, 5.41) is 9.17. The van der Waals surface area contributed by atoms with E-state index < -0.39 is 28.9 Å². The van der Waals surface area contributed by atoms with Crippen LogP contribution in [0.4, 0.5) is 13.2 Å². The zero-order valence-electron chi connectivity index (χ0n) is 12.6. The molecule has 0 unspecified atom stereocenters. The van der Waals surface area contributed by atoms with Gasteiger partial charge in [-0.1, -0.05) is 12.1 Å². The van der Waals surface area contributed by atoms with E-state index in [0.29, 0.717) is 5.56 Å². The van der Waals surface area contributed by atoms with Gasteiger partial charge in [-0.25, -0.2) is 15.3 Å². The average molecular weight is 355 g/mol. The lowest BCUT2D eigenvalue weighted by Crippen LogP contribution is -2.28. The number of H-pyrrole nitrogens is 2. The van der Waals surface area contributed by atoms with Crippen LogP contribution in [0.1, 0.15) is 23.2 Å². The number of hydrogen-bond acceptors (Lipinski definition) is 5. The standard InChI is InChI=1S/C14H12F3N5O3/c15-14(16,17)9-3-1-8(2-4-9)7-18-21-11(23)6-5-10-12(24)19-13(25)22-20-10/h1-4,7H,5-6H2,(H,21,23)(H2,19,22,24,25). The molecule has 0 bridgehead atoms. The predicted molar refractivity (Wildman–Crippen MR) is 81.0 cm³/mol. The van der Waals surface area contributed by atoms with Gasteiger partial charge in [-0.15, -0.1) is 0 Å². The van der Waals surface area contributed by atoms with Crippen LogP contribution in [0.15, 0.2) is 39.0 Å². The van der Waals surface area contributed by atoms with Crippen molar-refractivity contribution in [3.63, 3.8) is 0 Å². The molecular weight excluding hydrogens is 343 g/mol. The first-order chi connectivity index (χ1) is 11.8. The van der Waals surface area contributed by atoms with Crippen LogP contribution in [-0.4, -0.2) is 27.3 Å². The highest BCUT2D eigenvalue weighted by Gasteiger charge is 2.29. The number of nitrogens with one attached hydrogen (secondary N) is 3. The van der Waals surface area contributed by atoms with E-state index >= 15 is 0 Å². The van der Waals surface area contributed by atoms with E-state index in [1.54, 1.807) is 0 Å². The number of nitrogens with zero attached hydrogens (tertiary/aromatic N) is 2. The van der Waals surface area contributed by atoms with E-state index in [4.69, 9.17) is 0 Å². The molecule has 0 aliphatic heterocycles. The molecule has 0 saturated carbocycles. The Bertz CT molecular complexity index is 884. The Morgan fingerprint density at radius 3 is 2.52 bits per heavy atom. The van der Waals surface area contributed by atoms with E-state index in [0.717, 1.165) is 12.1 Å². The summed E-state index contributed by atoms with van der Waals surface area (Å²) in [6.07, 6.45) is -3.37. The van der Waals surface area contributed by atoms with E-state index in [1.807, 2.05) is 10.1 Å². The van der Waals surface area contributed by atoms with Crippen LogP contribution in [-0.2, 0) is 17.4 Å². The number of amides is 1. The van der Waals surface area contributed by atoms with Crippen LogP contribution >= 0.6 is 0 Å². The van der Waals surface area contributed by atoms with Crippen molar-refractivity contribution in [1.29, 1.82) is 0 Å². The van der Waals surface area contributed by atoms with Crippen molar-refractivity contribution in [2.24, 2.45) is 5.10 Å². The number of benzene rings is 1. The van der Waals surface area contributed by atoms with Gasteiger partial charge in [0.2, 0.25) is 5.91 Å². The number of rotatable bonds is 5. The monoisotopic (exact) mass is 355 g/mol. The first-order valence-corrected chi connectivity index (χ1v) is 6.93. The molecule has 0 aliphatic carbocycles. The van der Waals surface area contributed by atoms with Gasteiger partial charge < -0.3 is 0 Å². The van der Waals surface area contributed by atoms with E-state index in [-0.39, 0.29) is 18.5 Å². The normalized spacial score (nSPS) is 11.6. The number of aromatic nitrogens is 3. The summed E-state index contributed by atoms with van der Waals surface area (Å²) in [5.41, 5.74) is 0.303. The van der Waals surface area contributed by atoms with E-state index in [2.05, 4.69) is 15.6 Å². The van der Waals surface area contributed by atoms with Crippen LogP contribution in [0.25, 0.3) is 0 Å². The molecular formula is C14H12F3N5O3. The summed E-state index contributed by atoms with van der Waals surface area (Å²) in [4.78, 5) is 35.7. The minimum Gasteiger partial charge on any atom is -0.273 e. The van der Waals surface area contributed by atoms with E-state index in [1.165, 1.54) is 18.3 Å². The molecule has 1 amide bonds. The number of aromatic amines is 2. The molecule has 1 aromatic heterocycles. The van der Waals surface area contributed by atoms with E-state index in [9.17, 15) is 27.6 Å². The third kappa shape index (κ3) is 5.41. The molecule has 1 aromatic carbocycles. The van der Waals surface area contributed by atoms with Crippen molar-refractivity contribution in [1.82, 2.24) is 20.6 Å². The predicted octanol–water partition coefficient (Wildman–Crippen LogP) is 0.560. The molecule has 2 rings (SSSR count). The molecule has 8 nitrogen and oxygen atoms in total. The molecule has 0 fully saturated rings. The first-order valence-electron chi connectivity index (χ1n) is 6.93. The number of carbonyl (C=O) groups excluding carboxylic acids is 1. The highest BCUT2D eigenvalue weighted by Crippen LogP contribution is 2.28. The van der Waals surface area contributed by atoms with Crippen molar-refractivity contribution in [3.8, 4) is 0 Å². The Morgan fingerprint density at radius 2 is 1.92 bits per heavy atom. The second-order valence-electron chi connectivity index (χ2n) is 4.87. The van der Waals surface area contributed by atoms with Gasteiger partial charge in [0.05, 0.1) is 11.8 Å². The summed E-state index contributed by atoms with van der Waals surface area (Å²) in [5.74, 6) is -0.532. The zero-order valence-corrected chi connectivity index (χ0v) is 12.6. The molecule has 0 atom stereocenters. The van der Waals surface area contributed by atoms with Crippen molar-refractivity contribution in [2.75, 3.05) is 0 Å². The van der Waals surface area contributed by atoms with Gasteiger partial charge in [0.25, 0.3) is 5.56 Å². The number of halogens is 3. The Morgan fingerprint density at radius 1 is 1.24 bits per heavy atom. The average Bonchev–Trinajstić information content (AvgIpc) is 2.53. The van der Waals surface area contributed by atoms with Crippen molar-refractivity contribution in [2.45, 2.75) is 19.0 Å². The second kappa shape index (κ2) is 7.55. The molecule has 1 heterocycles. The maximum absolute atomic E-state index is 12.4. The molecule has 0 spiro atoms. The lowest BCUT2D eigenvalue weighted by atomic mass is 10.1. The molecule has 0 radical (unpaired) electrons. The van der Waals surface area contributed by atoms with Crippen molar-refractivity contribution >= 4 is 12.1 Å². The Balaban J connectivity index is 1.86. The summed E-state index contributed by atoms with van der Waals surface area (Å²) < 4.78 is 37.2. The lowest BCUT2D eigenvalue weighted by molar-refractivity contribution is -0.137. The topological polar surface area (TPSA) is 120 Å². The molecule has 0 saturated heterocycles. The van der Waals surface area contributed by atoms with Crippen molar-refractivity contribution < 1.29 is 18.0 Å². The lowest BCUT2D eigenvalue weighted by Gasteiger charge is -2.05. The van der Waals surface area contributed by atoms with Gasteiger partial charge in [-0.3, -0.25) is 14.6 Å². The molecule has 3 N–H and O–H groups in total.